The maximum absolute atomic E-state index is 5.74. The third-order valence-corrected chi connectivity index (χ3v) is 3.82. The van der Waals surface area contributed by atoms with Crippen LogP contribution in [0.1, 0.15) is 38.7 Å². The molecule has 0 saturated heterocycles. The van der Waals surface area contributed by atoms with Crippen LogP contribution in [-0.4, -0.2) is 19.8 Å². The van der Waals surface area contributed by atoms with Crippen molar-refractivity contribution >= 4 is 0 Å². The van der Waals surface area contributed by atoms with Gasteiger partial charge in [-0.15, -0.1) is 0 Å². The summed E-state index contributed by atoms with van der Waals surface area (Å²) in [5.74, 6) is 2.99. The minimum absolute atomic E-state index is 0.483. The normalized spacial score (nSPS) is 11.8. The average molecular weight is 314 g/mol. The van der Waals surface area contributed by atoms with Gasteiger partial charge in [-0.25, -0.2) is 0 Å². The Bertz CT molecular complexity index is 578. The summed E-state index contributed by atoms with van der Waals surface area (Å²) in [5, 5.41) is 0. The second-order valence-corrected chi connectivity index (χ2v) is 5.46. The van der Waals surface area contributed by atoms with Crippen molar-refractivity contribution in [2.75, 3.05) is 19.8 Å². The maximum atomic E-state index is 5.74. The van der Waals surface area contributed by atoms with Gasteiger partial charge in [0, 0.05) is 0 Å². The number of ether oxygens (including phenoxy) is 3. The second kappa shape index (κ2) is 9.09. The van der Waals surface area contributed by atoms with E-state index in [1.165, 1.54) is 5.56 Å². The van der Waals surface area contributed by atoms with E-state index in [1.54, 1.807) is 0 Å². The summed E-state index contributed by atoms with van der Waals surface area (Å²) in [6.07, 6.45) is 1.15. The molecule has 0 saturated carbocycles. The van der Waals surface area contributed by atoms with Crippen LogP contribution in [-0.2, 0) is 0 Å². The minimum Gasteiger partial charge on any atom is -0.490 e. The Morgan fingerprint density at radius 1 is 0.783 bits per heavy atom. The number of rotatable bonds is 9. The predicted octanol–water partition coefficient (Wildman–Crippen LogP) is 5.06. The van der Waals surface area contributed by atoms with Gasteiger partial charge in [0.1, 0.15) is 19.0 Å². The zero-order chi connectivity index (χ0) is 16.5. The molecular formula is C20H26O3. The van der Waals surface area contributed by atoms with Crippen molar-refractivity contribution in [3.8, 4) is 17.2 Å². The molecule has 0 spiro atoms. The van der Waals surface area contributed by atoms with Crippen LogP contribution in [0.2, 0.25) is 0 Å². The smallest absolute Gasteiger partial charge is 0.161 e. The van der Waals surface area contributed by atoms with E-state index < -0.39 is 0 Å². The molecule has 23 heavy (non-hydrogen) atoms. The molecule has 124 valence electrons. The van der Waals surface area contributed by atoms with E-state index in [-0.39, 0.29) is 0 Å². The van der Waals surface area contributed by atoms with Crippen LogP contribution >= 0.6 is 0 Å². The van der Waals surface area contributed by atoms with Crippen LogP contribution < -0.4 is 14.2 Å². The average Bonchev–Trinajstić information content (AvgIpc) is 2.60. The third kappa shape index (κ3) is 5.20. The predicted molar refractivity (Wildman–Crippen MR) is 93.7 cm³/mol. The first-order chi connectivity index (χ1) is 11.2. The topological polar surface area (TPSA) is 27.7 Å². The van der Waals surface area contributed by atoms with E-state index in [2.05, 4.69) is 26.0 Å². The van der Waals surface area contributed by atoms with Gasteiger partial charge in [0.2, 0.25) is 0 Å². The summed E-state index contributed by atoms with van der Waals surface area (Å²) in [6, 6.07) is 16.0. The van der Waals surface area contributed by atoms with E-state index in [0.717, 1.165) is 23.7 Å². The Hall–Kier alpha value is -2.16. The van der Waals surface area contributed by atoms with Crippen LogP contribution in [0.3, 0.4) is 0 Å². The summed E-state index contributed by atoms with van der Waals surface area (Å²) in [5.41, 5.74) is 1.35. The van der Waals surface area contributed by atoms with Crippen molar-refractivity contribution in [1.29, 1.82) is 0 Å². The molecule has 2 aromatic carbocycles. The van der Waals surface area contributed by atoms with E-state index >= 15 is 0 Å². The first-order valence-electron chi connectivity index (χ1n) is 8.32. The molecule has 0 bridgehead atoms. The highest BCUT2D eigenvalue weighted by atomic mass is 16.5. The Balaban J connectivity index is 1.79. The number of para-hydroxylation sites is 2. The first kappa shape index (κ1) is 17.2. The van der Waals surface area contributed by atoms with Crippen LogP contribution in [0, 0.1) is 0 Å². The molecule has 0 aromatic heterocycles. The van der Waals surface area contributed by atoms with Crippen molar-refractivity contribution < 1.29 is 14.2 Å². The Morgan fingerprint density at radius 2 is 1.39 bits per heavy atom. The van der Waals surface area contributed by atoms with Gasteiger partial charge in [0.25, 0.3) is 0 Å². The number of hydrogen-bond donors (Lipinski definition) is 0. The number of benzene rings is 2. The van der Waals surface area contributed by atoms with Gasteiger partial charge in [0.05, 0.1) is 6.61 Å². The van der Waals surface area contributed by atoms with Crippen molar-refractivity contribution in [3.63, 3.8) is 0 Å². The molecule has 0 N–H and O–H groups in total. The lowest BCUT2D eigenvalue weighted by atomic mass is 9.99. The van der Waals surface area contributed by atoms with Crippen molar-refractivity contribution in [3.05, 3.63) is 54.1 Å². The van der Waals surface area contributed by atoms with Gasteiger partial charge >= 0.3 is 0 Å². The Labute approximate surface area is 139 Å². The fraction of sp³-hybridized carbons (Fsp3) is 0.400. The van der Waals surface area contributed by atoms with Crippen molar-refractivity contribution in [2.24, 2.45) is 0 Å². The molecule has 1 atom stereocenters. The van der Waals surface area contributed by atoms with Gasteiger partial charge in [-0.05, 0) is 49.1 Å². The zero-order valence-corrected chi connectivity index (χ0v) is 14.2. The van der Waals surface area contributed by atoms with Crippen molar-refractivity contribution in [2.45, 2.75) is 33.1 Å². The second-order valence-electron chi connectivity index (χ2n) is 5.46. The van der Waals surface area contributed by atoms with Gasteiger partial charge in [-0.2, -0.15) is 0 Å². The summed E-state index contributed by atoms with van der Waals surface area (Å²) in [7, 11) is 0. The molecule has 0 fully saturated rings. The molecule has 2 rings (SSSR count). The maximum Gasteiger partial charge on any atom is 0.161 e. The highest BCUT2D eigenvalue weighted by Crippen LogP contribution is 2.26. The zero-order valence-electron chi connectivity index (χ0n) is 14.2. The number of hydrogen-bond acceptors (Lipinski definition) is 3. The quantitative estimate of drug-likeness (QED) is 0.606. The summed E-state index contributed by atoms with van der Waals surface area (Å²) in [6.45, 7) is 8.01. The summed E-state index contributed by atoms with van der Waals surface area (Å²) < 4.78 is 17.0. The Kier molecular flexibility index (Phi) is 6.79. The van der Waals surface area contributed by atoms with E-state index in [1.807, 2.05) is 43.3 Å². The fourth-order valence-corrected chi connectivity index (χ4v) is 2.28. The lowest BCUT2D eigenvalue weighted by Gasteiger charge is -2.13. The summed E-state index contributed by atoms with van der Waals surface area (Å²) >= 11 is 0. The molecule has 0 unspecified atom stereocenters. The van der Waals surface area contributed by atoms with E-state index in [9.17, 15) is 0 Å². The molecule has 0 radical (unpaired) electrons. The Morgan fingerprint density at radius 3 is 2.00 bits per heavy atom. The molecule has 3 heteroatoms. The largest absolute Gasteiger partial charge is 0.490 e. The molecule has 3 nitrogen and oxygen atoms in total. The standard InChI is InChI=1S/C20H26O3/c1-4-16(3)17-10-12-18(13-11-17)22-14-15-23-20-9-7-6-8-19(20)21-5-2/h6-13,16H,4-5,14-15H2,1-3H3/t16-/m1/s1. The molecule has 0 aliphatic heterocycles. The van der Waals surface area contributed by atoms with Gasteiger partial charge in [0.15, 0.2) is 11.5 Å². The molecule has 0 heterocycles. The monoisotopic (exact) mass is 314 g/mol. The molecule has 2 aromatic rings. The van der Waals surface area contributed by atoms with E-state index in [0.29, 0.717) is 25.7 Å². The highest BCUT2D eigenvalue weighted by Gasteiger charge is 2.04. The van der Waals surface area contributed by atoms with Crippen LogP contribution in [0.5, 0.6) is 17.2 Å². The SMILES string of the molecule is CCOc1ccccc1OCCOc1ccc([C@H](C)CC)cc1. The highest BCUT2D eigenvalue weighted by molar-refractivity contribution is 5.39. The van der Waals surface area contributed by atoms with Gasteiger partial charge < -0.3 is 14.2 Å². The lowest BCUT2D eigenvalue weighted by molar-refractivity contribution is 0.208. The van der Waals surface area contributed by atoms with Crippen LogP contribution in [0.15, 0.2) is 48.5 Å². The molecular weight excluding hydrogens is 288 g/mol. The molecule has 0 amide bonds. The summed E-state index contributed by atoms with van der Waals surface area (Å²) in [4.78, 5) is 0. The molecule has 0 aliphatic rings. The van der Waals surface area contributed by atoms with Crippen LogP contribution in [0.25, 0.3) is 0 Å². The van der Waals surface area contributed by atoms with E-state index in [4.69, 9.17) is 14.2 Å². The van der Waals surface area contributed by atoms with Crippen LogP contribution in [0.4, 0.5) is 0 Å². The van der Waals surface area contributed by atoms with Gasteiger partial charge in [-0.3, -0.25) is 0 Å². The van der Waals surface area contributed by atoms with Gasteiger partial charge in [-0.1, -0.05) is 38.1 Å². The lowest BCUT2D eigenvalue weighted by Crippen LogP contribution is -2.09. The first-order valence-corrected chi connectivity index (χ1v) is 8.32. The minimum atomic E-state index is 0.483. The fourth-order valence-electron chi connectivity index (χ4n) is 2.28. The molecule has 0 aliphatic carbocycles. The van der Waals surface area contributed by atoms with Crippen molar-refractivity contribution in [1.82, 2.24) is 0 Å². The third-order valence-electron chi connectivity index (χ3n) is 3.82.